The van der Waals surface area contributed by atoms with Crippen molar-refractivity contribution in [2.24, 2.45) is 5.92 Å². The Balaban J connectivity index is 1.52. The Bertz CT molecular complexity index is 1250. The Hall–Kier alpha value is -3.51. The summed E-state index contributed by atoms with van der Waals surface area (Å²) >= 11 is 1.61. The first-order valence-electron chi connectivity index (χ1n) is 11.0. The highest BCUT2D eigenvalue weighted by molar-refractivity contribution is 7.19. The minimum Gasteiger partial charge on any atom is -0.481 e. The molecule has 0 unspecified atom stereocenters. The fraction of sp³-hybridized carbons (Fsp3) is 0.185. The van der Waals surface area contributed by atoms with E-state index in [0.29, 0.717) is 13.0 Å². The number of carbonyl (C=O) groups is 1. The lowest BCUT2D eigenvalue weighted by atomic mass is 9.99. The zero-order chi connectivity index (χ0) is 22.8. The lowest BCUT2D eigenvalue weighted by Gasteiger charge is -2.30. The van der Waals surface area contributed by atoms with Gasteiger partial charge < -0.3 is 10.0 Å². The van der Waals surface area contributed by atoms with Crippen molar-refractivity contribution in [2.75, 3.05) is 18.0 Å². The number of rotatable bonds is 5. The zero-order valence-electron chi connectivity index (χ0n) is 17.9. The molecule has 0 amide bonds. The SMILES string of the molecule is O=C(O)[C@H]1CCCN(c2nc(-c3ccc(-c4ccc(F)cc4)cc3)c(-c3ccccc3)s2)C1. The summed E-state index contributed by atoms with van der Waals surface area (Å²) in [5.41, 5.74) is 4.94. The van der Waals surface area contributed by atoms with Crippen LogP contribution in [0.15, 0.2) is 78.9 Å². The second kappa shape index (κ2) is 9.16. The van der Waals surface area contributed by atoms with Crippen molar-refractivity contribution in [3.05, 3.63) is 84.7 Å². The number of carboxylic acids is 1. The summed E-state index contributed by atoms with van der Waals surface area (Å²) in [5, 5.41) is 10.3. The first-order chi connectivity index (χ1) is 16.1. The topological polar surface area (TPSA) is 53.4 Å². The number of thiazole rings is 1. The van der Waals surface area contributed by atoms with Crippen LogP contribution >= 0.6 is 11.3 Å². The molecule has 33 heavy (non-hydrogen) atoms. The third-order valence-electron chi connectivity index (χ3n) is 6.03. The van der Waals surface area contributed by atoms with Gasteiger partial charge in [-0.1, -0.05) is 78.1 Å². The third-order valence-corrected chi connectivity index (χ3v) is 7.19. The Kier molecular flexibility index (Phi) is 5.92. The number of anilines is 1. The molecule has 166 valence electrons. The molecule has 1 saturated heterocycles. The predicted octanol–water partition coefficient (Wildman–Crippen LogP) is 6.58. The van der Waals surface area contributed by atoms with E-state index in [1.165, 1.54) is 12.1 Å². The maximum atomic E-state index is 13.3. The molecule has 0 bridgehead atoms. The number of carboxylic acid groups (broad SMARTS) is 1. The molecule has 4 aromatic rings. The van der Waals surface area contributed by atoms with Gasteiger partial charge in [-0.25, -0.2) is 9.37 Å². The van der Waals surface area contributed by atoms with Crippen molar-refractivity contribution in [3.8, 4) is 32.8 Å². The van der Waals surface area contributed by atoms with E-state index < -0.39 is 5.97 Å². The van der Waals surface area contributed by atoms with Crippen LogP contribution in [-0.2, 0) is 4.79 Å². The molecule has 5 rings (SSSR count). The minimum atomic E-state index is -0.740. The molecule has 1 aromatic heterocycles. The number of hydrogen-bond acceptors (Lipinski definition) is 4. The molecule has 1 aliphatic rings. The van der Waals surface area contributed by atoms with E-state index in [0.717, 1.165) is 50.9 Å². The van der Waals surface area contributed by atoms with Gasteiger partial charge in [0, 0.05) is 18.7 Å². The second-order valence-electron chi connectivity index (χ2n) is 8.25. The van der Waals surface area contributed by atoms with Gasteiger partial charge in [-0.05, 0) is 41.7 Å². The van der Waals surface area contributed by atoms with Gasteiger partial charge in [0.05, 0.1) is 16.5 Å². The van der Waals surface area contributed by atoms with Crippen LogP contribution in [0.4, 0.5) is 9.52 Å². The van der Waals surface area contributed by atoms with E-state index >= 15 is 0 Å². The monoisotopic (exact) mass is 458 g/mol. The standard InChI is InChI=1S/C27H23FN2O2S/c28-23-14-12-19(13-15-23)18-8-10-20(11-9-18)24-25(21-5-2-1-3-6-21)33-27(29-24)30-16-4-7-22(17-30)26(31)32/h1-3,5-6,8-15,22H,4,7,16-17H2,(H,31,32)/t22-/m0/s1. The summed E-state index contributed by atoms with van der Waals surface area (Å²) in [6.45, 7) is 1.30. The van der Waals surface area contributed by atoms with Crippen LogP contribution in [-0.4, -0.2) is 29.1 Å². The van der Waals surface area contributed by atoms with Crippen LogP contribution < -0.4 is 4.90 Å². The van der Waals surface area contributed by atoms with Gasteiger partial charge in [0.2, 0.25) is 0 Å². The summed E-state index contributed by atoms with van der Waals surface area (Å²) in [6, 6.07) is 24.8. The maximum Gasteiger partial charge on any atom is 0.308 e. The molecule has 0 saturated carbocycles. The Morgan fingerprint density at radius 2 is 1.55 bits per heavy atom. The van der Waals surface area contributed by atoms with Crippen LogP contribution in [0.2, 0.25) is 0 Å². The fourth-order valence-corrected chi connectivity index (χ4v) is 5.37. The molecule has 2 heterocycles. The summed E-state index contributed by atoms with van der Waals surface area (Å²) in [6.07, 6.45) is 1.55. The van der Waals surface area contributed by atoms with E-state index in [-0.39, 0.29) is 11.7 Å². The van der Waals surface area contributed by atoms with Gasteiger partial charge in [-0.15, -0.1) is 0 Å². The Labute approximate surface area is 196 Å². The molecule has 1 atom stereocenters. The normalized spacial score (nSPS) is 16.0. The van der Waals surface area contributed by atoms with Gasteiger partial charge in [-0.2, -0.15) is 0 Å². The molecular formula is C27H23FN2O2S. The van der Waals surface area contributed by atoms with Crippen LogP contribution in [0.3, 0.4) is 0 Å². The average molecular weight is 459 g/mol. The van der Waals surface area contributed by atoms with Gasteiger partial charge in [-0.3, -0.25) is 4.79 Å². The molecule has 0 aliphatic carbocycles. The van der Waals surface area contributed by atoms with Crippen molar-refractivity contribution in [2.45, 2.75) is 12.8 Å². The number of benzene rings is 3. The van der Waals surface area contributed by atoms with Gasteiger partial charge in [0.1, 0.15) is 5.82 Å². The highest BCUT2D eigenvalue weighted by atomic mass is 32.1. The first kappa shape index (κ1) is 21.3. The smallest absolute Gasteiger partial charge is 0.308 e. The Morgan fingerprint density at radius 1 is 0.909 bits per heavy atom. The summed E-state index contributed by atoms with van der Waals surface area (Å²) in [7, 11) is 0. The lowest BCUT2D eigenvalue weighted by Crippen LogP contribution is -2.38. The largest absolute Gasteiger partial charge is 0.481 e. The number of piperidine rings is 1. The summed E-state index contributed by atoms with van der Waals surface area (Å²) in [4.78, 5) is 19.7. The van der Waals surface area contributed by atoms with Crippen molar-refractivity contribution < 1.29 is 14.3 Å². The fourth-order valence-electron chi connectivity index (χ4n) is 4.24. The number of halogens is 1. The highest BCUT2D eigenvalue weighted by Gasteiger charge is 2.28. The lowest BCUT2D eigenvalue weighted by molar-refractivity contribution is -0.141. The molecule has 1 fully saturated rings. The maximum absolute atomic E-state index is 13.3. The summed E-state index contributed by atoms with van der Waals surface area (Å²) < 4.78 is 13.3. The van der Waals surface area contributed by atoms with Crippen molar-refractivity contribution in [3.63, 3.8) is 0 Å². The summed E-state index contributed by atoms with van der Waals surface area (Å²) in [5.74, 6) is -1.35. The molecule has 4 nitrogen and oxygen atoms in total. The van der Waals surface area contributed by atoms with E-state index in [2.05, 4.69) is 17.0 Å². The molecule has 0 spiro atoms. The van der Waals surface area contributed by atoms with Crippen LogP contribution in [0.5, 0.6) is 0 Å². The Morgan fingerprint density at radius 3 is 2.21 bits per heavy atom. The molecular weight excluding hydrogens is 435 g/mol. The minimum absolute atomic E-state index is 0.249. The second-order valence-corrected chi connectivity index (χ2v) is 9.23. The third kappa shape index (κ3) is 4.52. The van der Waals surface area contributed by atoms with Gasteiger partial charge >= 0.3 is 5.97 Å². The highest BCUT2D eigenvalue weighted by Crippen LogP contribution is 2.41. The van der Waals surface area contributed by atoms with E-state index in [4.69, 9.17) is 4.98 Å². The van der Waals surface area contributed by atoms with Crippen LogP contribution in [0, 0.1) is 11.7 Å². The molecule has 1 aliphatic heterocycles. The van der Waals surface area contributed by atoms with Crippen LogP contribution in [0.1, 0.15) is 12.8 Å². The van der Waals surface area contributed by atoms with Crippen molar-refractivity contribution in [1.29, 1.82) is 0 Å². The van der Waals surface area contributed by atoms with Gasteiger partial charge in [0.25, 0.3) is 0 Å². The number of nitrogens with zero attached hydrogens (tertiary/aromatic N) is 2. The quantitative estimate of drug-likeness (QED) is 0.367. The van der Waals surface area contributed by atoms with Crippen molar-refractivity contribution in [1.82, 2.24) is 4.98 Å². The van der Waals surface area contributed by atoms with E-state index in [1.54, 1.807) is 23.5 Å². The molecule has 6 heteroatoms. The molecule has 3 aromatic carbocycles. The molecule has 1 N–H and O–H groups in total. The number of hydrogen-bond donors (Lipinski definition) is 1. The first-order valence-corrected chi connectivity index (χ1v) is 11.8. The van der Waals surface area contributed by atoms with E-state index in [1.807, 2.05) is 42.5 Å². The average Bonchev–Trinajstić information content (AvgIpc) is 3.31. The van der Waals surface area contributed by atoms with Crippen molar-refractivity contribution >= 4 is 22.4 Å². The zero-order valence-corrected chi connectivity index (χ0v) is 18.8. The number of aliphatic carboxylic acids is 1. The number of aromatic nitrogens is 1. The predicted molar refractivity (Wildman–Crippen MR) is 131 cm³/mol. The van der Waals surface area contributed by atoms with E-state index in [9.17, 15) is 14.3 Å². The van der Waals surface area contributed by atoms with Crippen LogP contribution in [0.25, 0.3) is 32.8 Å². The van der Waals surface area contributed by atoms with Gasteiger partial charge in [0.15, 0.2) is 5.13 Å². The molecule has 0 radical (unpaired) electrons.